The van der Waals surface area contributed by atoms with Gasteiger partial charge in [-0.3, -0.25) is 0 Å². The Bertz CT molecular complexity index is 1740. The first kappa shape index (κ1) is 25.0. The van der Waals surface area contributed by atoms with E-state index in [-0.39, 0.29) is 22.6 Å². The number of phenolic OH excluding ortho intramolecular Hbond substituents is 1. The number of H-pyrrole nitrogens is 1. The molecule has 3 fully saturated rings. The lowest BCUT2D eigenvalue weighted by atomic mass is 9.58. The third-order valence-corrected chi connectivity index (χ3v) is 9.57. The van der Waals surface area contributed by atoms with Crippen molar-refractivity contribution in [1.82, 2.24) is 4.98 Å². The monoisotopic (exact) mass is 529 g/mol. The van der Waals surface area contributed by atoms with Crippen LogP contribution in [0.3, 0.4) is 0 Å². The fourth-order valence-corrected chi connectivity index (χ4v) is 7.37. The molecule has 3 aliphatic rings. The number of nitrogens with one attached hydrogen (secondary N) is 1. The van der Waals surface area contributed by atoms with Gasteiger partial charge in [0.15, 0.2) is 0 Å². The van der Waals surface area contributed by atoms with Crippen LogP contribution in [0.1, 0.15) is 79.9 Å². The summed E-state index contributed by atoms with van der Waals surface area (Å²) < 4.78 is 5.97. The Morgan fingerprint density at radius 3 is 2.27 bits per heavy atom. The van der Waals surface area contributed by atoms with Crippen molar-refractivity contribution in [2.24, 2.45) is 5.92 Å². The van der Waals surface area contributed by atoms with E-state index in [0.29, 0.717) is 5.75 Å². The minimum Gasteiger partial charge on any atom is -0.506 e. The van der Waals surface area contributed by atoms with E-state index >= 15 is 0 Å². The average molecular weight is 530 g/mol. The first-order valence-corrected chi connectivity index (χ1v) is 14.6. The van der Waals surface area contributed by atoms with Crippen LogP contribution in [0.2, 0.25) is 0 Å². The van der Waals surface area contributed by atoms with E-state index in [2.05, 4.69) is 49.2 Å². The van der Waals surface area contributed by atoms with E-state index in [9.17, 15) is 9.90 Å². The van der Waals surface area contributed by atoms with Gasteiger partial charge in [0.05, 0.1) is 0 Å². The van der Waals surface area contributed by atoms with Gasteiger partial charge in [0.2, 0.25) is 0 Å². The number of aromatic hydroxyl groups is 1. The predicted molar refractivity (Wildman–Crippen MR) is 161 cm³/mol. The Hall–Kier alpha value is -4.05. The second-order valence-corrected chi connectivity index (χ2v) is 12.1. The molecular formula is C36H35NO3. The maximum Gasteiger partial charge on any atom is 0.347 e. The van der Waals surface area contributed by atoms with Crippen molar-refractivity contribution in [2.45, 2.75) is 63.7 Å². The molecule has 4 aromatic carbocycles. The molecule has 5 aromatic rings. The summed E-state index contributed by atoms with van der Waals surface area (Å²) in [5.74, 6) is 1.01. The van der Waals surface area contributed by atoms with Crippen LogP contribution in [0.4, 0.5) is 0 Å². The van der Waals surface area contributed by atoms with Gasteiger partial charge in [-0.25, -0.2) is 4.79 Å². The quantitative estimate of drug-likeness (QED) is 0.176. The molecule has 202 valence electrons. The zero-order valence-corrected chi connectivity index (χ0v) is 23.2. The second-order valence-electron chi connectivity index (χ2n) is 12.1. The van der Waals surface area contributed by atoms with Gasteiger partial charge < -0.3 is 14.8 Å². The molecular weight excluding hydrogens is 494 g/mol. The number of carbonyl (C=O) groups is 1. The third-order valence-electron chi connectivity index (χ3n) is 9.57. The number of ether oxygens (including phenoxy) is 1. The number of benzene rings is 4. The highest BCUT2D eigenvalue weighted by Crippen LogP contribution is 2.56. The number of esters is 1. The van der Waals surface area contributed by atoms with E-state index in [1.165, 1.54) is 25.0 Å². The van der Waals surface area contributed by atoms with Gasteiger partial charge in [-0.1, -0.05) is 74.5 Å². The molecule has 0 unspecified atom stereocenters. The molecule has 4 heteroatoms. The molecule has 0 spiro atoms. The average Bonchev–Trinajstić information content (AvgIpc) is 3.38. The highest BCUT2D eigenvalue weighted by Gasteiger charge is 2.44. The summed E-state index contributed by atoms with van der Waals surface area (Å²) in [4.78, 5) is 17.6. The summed E-state index contributed by atoms with van der Waals surface area (Å²) in [6, 6.07) is 25.8. The smallest absolute Gasteiger partial charge is 0.347 e. The molecule has 8 rings (SSSR count). The van der Waals surface area contributed by atoms with Gasteiger partial charge in [-0.05, 0) is 84.9 Å². The molecule has 3 aliphatic carbocycles. The van der Waals surface area contributed by atoms with E-state index in [4.69, 9.17) is 4.74 Å². The molecule has 0 radical (unpaired) electrons. The van der Waals surface area contributed by atoms with Crippen LogP contribution in [0.5, 0.6) is 11.5 Å². The minimum absolute atomic E-state index is 0.0161. The summed E-state index contributed by atoms with van der Waals surface area (Å²) in [5, 5.41) is 14.9. The normalized spacial score (nSPS) is 20.4. The van der Waals surface area contributed by atoms with Crippen molar-refractivity contribution in [3.05, 3.63) is 95.7 Å². The lowest BCUT2D eigenvalue weighted by Crippen LogP contribution is -2.38. The van der Waals surface area contributed by atoms with Gasteiger partial charge in [-0.2, -0.15) is 0 Å². The molecule has 0 aliphatic heterocycles. The SMILES string of the molecule is CC(C)c1ccccc1OC(=O)c1cc2ccccc2c(-c2c(C34CCC(CC3)CC4)[nH]c3ccccc23)c1O. The number of carbonyl (C=O) groups excluding carboxylic acids is 1. The van der Waals surface area contributed by atoms with Gasteiger partial charge in [0.25, 0.3) is 0 Å². The van der Waals surface area contributed by atoms with E-state index < -0.39 is 5.97 Å². The maximum absolute atomic E-state index is 13.8. The largest absolute Gasteiger partial charge is 0.506 e. The molecule has 0 saturated heterocycles. The number of hydrogen-bond acceptors (Lipinski definition) is 3. The number of hydrogen-bond donors (Lipinski definition) is 2. The summed E-state index contributed by atoms with van der Waals surface area (Å²) in [6.45, 7) is 4.16. The molecule has 1 heterocycles. The van der Waals surface area contributed by atoms with Crippen LogP contribution in [0.15, 0.2) is 78.9 Å². The Labute approximate surface area is 235 Å². The van der Waals surface area contributed by atoms with Gasteiger partial charge in [-0.15, -0.1) is 0 Å². The summed E-state index contributed by atoms with van der Waals surface area (Å²) in [7, 11) is 0. The topological polar surface area (TPSA) is 62.3 Å². The number of para-hydroxylation sites is 2. The zero-order valence-electron chi connectivity index (χ0n) is 23.2. The van der Waals surface area contributed by atoms with Crippen LogP contribution in [-0.2, 0) is 5.41 Å². The summed E-state index contributed by atoms with van der Waals surface area (Å²) in [6.07, 6.45) is 7.23. The van der Waals surface area contributed by atoms with E-state index in [1.54, 1.807) is 6.07 Å². The number of rotatable bonds is 5. The van der Waals surface area contributed by atoms with E-state index in [1.807, 2.05) is 42.5 Å². The van der Waals surface area contributed by atoms with Crippen molar-refractivity contribution < 1.29 is 14.6 Å². The lowest BCUT2D eigenvalue weighted by molar-refractivity contribution is 0.0730. The number of aromatic nitrogens is 1. The number of aromatic amines is 1. The molecule has 0 amide bonds. The van der Waals surface area contributed by atoms with E-state index in [0.717, 1.165) is 63.5 Å². The van der Waals surface area contributed by atoms with Gasteiger partial charge in [0, 0.05) is 33.1 Å². The predicted octanol–water partition coefficient (Wildman–Crippen LogP) is 9.26. The van der Waals surface area contributed by atoms with Crippen LogP contribution >= 0.6 is 0 Å². The van der Waals surface area contributed by atoms with Crippen molar-refractivity contribution in [1.29, 1.82) is 0 Å². The number of fused-ring (bicyclic) bond motifs is 5. The number of phenols is 1. The maximum atomic E-state index is 13.8. The van der Waals surface area contributed by atoms with Gasteiger partial charge >= 0.3 is 5.97 Å². The molecule has 1 aromatic heterocycles. The molecule has 2 N–H and O–H groups in total. The fourth-order valence-electron chi connectivity index (χ4n) is 7.37. The third kappa shape index (κ3) is 3.92. The van der Waals surface area contributed by atoms with Crippen LogP contribution in [0, 0.1) is 5.92 Å². The summed E-state index contributed by atoms with van der Waals surface area (Å²) >= 11 is 0. The standard InChI is InChI=1S/C36H35NO3/c1-22(2)25-10-6-8-14-30(25)40-35(39)28-21-24-9-3-4-11-26(24)31(33(28)38)32-27-12-5-7-13-29(27)37-34(32)36-18-15-23(16-19-36)17-20-36/h3-14,21-23,37-38H,15-20H2,1-2H3. The fraction of sp³-hybridized carbons (Fsp3) is 0.306. The lowest BCUT2D eigenvalue weighted by Gasteiger charge is -2.46. The zero-order chi connectivity index (χ0) is 27.4. The Kier molecular flexibility index (Phi) is 5.96. The minimum atomic E-state index is -0.546. The Balaban J connectivity index is 1.46. The van der Waals surface area contributed by atoms with Crippen LogP contribution < -0.4 is 4.74 Å². The molecule has 0 atom stereocenters. The molecule has 40 heavy (non-hydrogen) atoms. The Morgan fingerprint density at radius 2 is 1.52 bits per heavy atom. The van der Waals surface area contributed by atoms with Crippen molar-refractivity contribution >= 4 is 27.6 Å². The van der Waals surface area contributed by atoms with Gasteiger partial charge in [0.1, 0.15) is 17.1 Å². The Morgan fingerprint density at radius 1 is 0.875 bits per heavy atom. The first-order valence-electron chi connectivity index (χ1n) is 14.6. The molecule has 4 nitrogen and oxygen atoms in total. The van der Waals surface area contributed by atoms with Crippen molar-refractivity contribution in [3.63, 3.8) is 0 Å². The first-order chi connectivity index (χ1) is 19.4. The van der Waals surface area contributed by atoms with Crippen LogP contribution in [-0.4, -0.2) is 16.1 Å². The summed E-state index contributed by atoms with van der Waals surface area (Å²) in [5.41, 5.74) is 5.23. The van der Waals surface area contributed by atoms with Crippen LogP contribution in [0.25, 0.3) is 32.8 Å². The van der Waals surface area contributed by atoms with Crippen molar-refractivity contribution in [2.75, 3.05) is 0 Å². The highest BCUT2D eigenvalue weighted by molar-refractivity contribution is 6.13. The second kappa shape index (κ2) is 9.55. The highest BCUT2D eigenvalue weighted by atomic mass is 16.5. The molecule has 3 saturated carbocycles. The van der Waals surface area contributed by atoms with Crippen molar-refractivity contribution in [3.8, 4) is 22.6 Å². The molecule has 2 bridgehead atoms.